The molecule has 56 heavy (non-hydrogen) atoms. The molecule has 0 bridgehead atoms. The number of phosphoric ester groups is 1. The van der Waals surface area contributed by atoms with Crippen LogP contribution in [0.25, 0.3) is 0 Å². The summed E-state index contributed by atoms with van der Waals surface area (Å²) < 4.78 is 33.9. The molecule has 0 amide bonds. The summed E-state index contributed by atoms with van der Waals surface area (Å²) in [6.45, 7) is 4.23. The van der Waals surface area contributed by atoms with Crippen LogP contribution in [0.4, 0.5) is 0 Å². The molecule has 0 aliphatic heterocycles. The van der Waals surface area contributed by atoms with Gasteiger partial charge in [0.1, 0.15) is 19.8 Å². The molecular formula is C46H90NO8P. The van der Waals surface area contributed by atoms with E-state index in [0.717, 1.165) is 44.9 Å². The Balaban J connectivity index is 4.26. The van der Waals surface area contributed by atoms with E-state index in [-0.39, 0.29) is 32.0 Å². The average molecular weight is 816 g/mol. The van der Waals surface area contributed by atoms with Crippen molar-refractivity contribution in [3.05, 3.63) is 12.2 Å². The highest BCUT2D eigenvalue weighted by molar-refractivity contribution is 7.45. The molecule has 2 atom stereocenters. The first-order chi connectivity index (χ1) is 27.0. The van der Waals surface area contributed by atoms with Crippen LogP contribution in [0.3, 0.4) is 0 Å². The predicted octanol–water partition coefficient (Wildman–Crippen LogP) is 12.7. The Morgan fingerprint density at radius 2 is 0.911 bits per heavy atom. The molecule has 0 aromatic rings. The fourth-order valence-electron chi connectivity index (χ4n) is 6.59. The van der Waals surface area contributed by atoms with Crippen molar-refractivity contribution in [2.45, 2.75) is 225 Å². The molecule has 0 radical (unpaired) electrons. The topological polar surface area (TPSA) is 111 Å². The van der Waals surface area contributed by atoms with Crippen molar-refractivity contribution >= 4 is 19.8 Å². The largest absolute Gasteiger partial charge is 0.756 e. The second-order valence-electron chi connectivity index (χ2n) is 17.1. The van der Waals surface area contributed by atoms with Crippen LogP contribution in [-0.2, 0) is 32.7 Å². The monoisotopic (exact) mass is 816 g/mol. The van der Waals surface area contributed by atoms with Gasteiger partial charge < -0.3 is 27.9 Å². The van der Waals surface area contributed by atoms with Gasteiger partial charge in [0.05, 0.1) is 27.7 Å². The van der Waals surface area contributed by atoms with Gasteiger partial charge in [0, 0.05) is 12.8 Å². The van der Waals surface area contributed by atoms with Gasteiger partial charge in [-0.25, -0.2) is 0 Å². The Bertz CT molecular complexity index is 969. The highest BCUT2D eigenvalue weighted by atomic mass is 31.2. The van der Waals surface area contributed by atoms with E-state index in [9.17, 15) is 19.0 Å². The number of quaternary nitrogens is 1. The molecule has 0 N–H and O–H groups in total. The van der Waals surface area contributed by atoms with Gasteiger partial charge in [-0.05, 0) is 38.5 Å². The lowest BCUT2D eigenvalue weighted by molar-refractivity contribution is -0.870. The Morgan fingerprint density at radius 1 is 0.536 bits per heavy atom. The van der Waals surface area contributed by atoms with Gasteiger partial charge >= 0.3 is 11.9 Å². The molecule has 0 rings (SSSR count). The van der Waals surface area contributed by atoms with E-state index >= 15 is 0 Å². The van der Waals surface area contributed by atoms with Crippen molar-refractivity contribution in [3.63, 3.8) is 0 Å². The minimum atomic E-state index is -4.62. The lowest BCUT2D eigenvalue weighted by atomic mass is 10.0. The molecule has 0 heterocycles. The molecule has 332 valence electrons. The number of ether oxygens (including phenoxy) is 2. The SMILES string of the molecule is CCCCCCCC/C=C/CCCCCC(=O)O[C@@H](COC(=O)CCCCCCCCCCCCCCCCCCCCC)COP(=O)([O-])OCC[N+](C)(C)C. The summed E-state index contributed by atoms with van der Waals surface area (Å²) in [6, 6.07) is 0. The fourth-order valence-corrected chi connectivity index (χ4v) is 7.32. The minimum absolute atomic E-state index is 0.0304. The number of rotatable bonds is 43. The van der Waals surface area contributed by atoms with Gasteiger partial charge in [-0.3, -0.25) is 14.2 Å². The third-order valence-electron chi connectivity index (χ3n) is 10.3. The van der Waals surface area contributed by atoms with Crippen LogP contribution in [-0.4, -0.2) is 70.0 Å². The van der Waals surface area contributed by atoms with Crippen LogP contribution in [0.2, 0.25) is 0 Å². The van der Waals surface area contributed by atoms with Crippen molar-refractivity contribution in [2.24, 2.45) is 0 Å². The number of unbranched alkanes of at least 4 members (excludes halogenated alkanes) is 27. The molecule has 10 heteroatoms. The van der Waals surface area contributed by atoms with E-state index < -0.39 is 26.5 Å². The van der Waals surface area contributed by atoms with Crippen LogP contribution >= 0.6 is 7.82 Å². The Labute approximate surface area is 346 Å². The van der Waals surface area contributed by atoms with Gasteiger partial charge in [0.15, 0.2) is 6.10 Å². The highest BCUT2D eigenvalue weighted by Gasteiger charge is 2.21. The first kappa shape index (κ1) is 54.8. The van der Waals surface area contributed by atoms with Crippen molar-refractivity contribution in [1.29, 1.82) is 0 Å². The van der Waals surface area contributed by atoms with E-state index in [2.05, 4.69) is 26.0 Å². The summed E-state index contributed by atoms with van der Waals surface area (Å²) in [7, 11) is 1.17. The summed E-state index contributed by atoms with van der Waals surface area (Å²) in [4.78, 5) is 37.5. The molecule has 0 saturated carbocycles. The maximum Gasteiger partial charge on any atom is 0.306 e. The first-order valence-electron chi connectivity index (χ1n) is 23.4. The molecule has 0 aliphatic rings. The zero-order chi connectivity index (χ0) is 41.4. The van der Waals surface area contributed by atoms with Crippen LogP contribution in [0, 0.1) is 0 Å². The molecular weight excluding hydrogens is 725 g/mol. The molecule has 0 saturated heterocycles. The summed E-state index contributed by atoms with van der Waals surface area (Å²) in [5, 5.41) is 0. The van der Waals surface area contributed by atoms with E-state index in [1.807, 2.05) is 21.1 Å². The smallest absolute Gasteiger partial charge is 0.306 e. The summed E-state index contributed by atoms with van der Waals surface area (Å²) >= 11 is 0. The average Bonchev–Trinajstić information content (AvgIpc) is 3.15. The van der Waals surface area contributed by atoms with Crippen molar-refractivity contribution in [3.8, 4) is 0 Å². The standard InChI is InChI=1S/C46H90NO8P/c1-6-8-10-12-14-16-18-20-21-22-23-24-25-27-28-30-32-34-36-38-45(48)52-42-44(43-54-56(50,51)53-41-40-47(3,4)5)55-46(49)39-37-35-33-31-29-26-19-17-15-13-11-9-7-2/h26,29,44H,6-25,27-28,30-43H2,1-5H3/b29-26+/t44-/m0/s1. The van der Waals surface area contributed by atoms with Crippen LogP contribution in [0.15, 0.2) is 12.2 Å². The summed E-state index contributed by atoms with van der Waals surface area (Å²) in [5.41, 5.74) is 0. The Kier molecular flexibility index (Phi) is 38.3. The van der Waals surface area contributed by atoms with Gasteiger partial charge in [-0.1, -0.05) is 180 Å². The van der Waals surface area contributed by atoms with Crippen LogP contribution in [0.5, 0.6) is 0 Å². The van der Waals surface area contributed by atoms with E-state index in [1.54, 1.807) is 0 Å². The molecule has 1 unspecified atom stereocenters. The fraction of sp³-hybridized carbons (Fsp3) is 0.913. The van der Waals surface area contributed by atoms with Crippen LogP contribution in [0.1, 0.15) is 219 Å². The van der Waals surface area contributed by atoms with Gasteiger partial charge in [-0.15, -0.1) is 0 Å². The van der Waals surface area contributed by atoms with Gasteiger partial charge in [0.25, 0.3) is 7.82 Å². The zero-order valence-electron chi connectivity index (χ0n) is 37.3. The second kappa shape index (κ2) is 39.2. The number of esters is 2. The number of allylic oxidation sites excluding steroid dienone is 2. The lowest BCUT2D eigenvalue weighted by Crippen LogP contribution is -2.37. The third kappa shape index (κ3) is 42.4. The van der Waals surface area contributed by atoms with Crippen molar-refractivity contribution < 1.29 is 42.1 Å². The summed E-state index contributed by atoms with van der Waals surface area (Å²) in [6.07, 6.45) is 41.0. The normalized spacial score (nSPS) is 13.6. The van der Waals surface area contributed by atoms with E-state index in [0.29, 0.717) is 17.4 Å². The number of carbonyl (C=O) groups is 2. The Morgan fingerprint density at radius 3 is 1.34 bits per heavy atom. The number of phosphoric acid groups is 1. The maximum absolute atomic E-state index is 12.7. The number of likely N-dealkylation sites (N-methyl/N-ethyl adjacent to an activating group) is 1. The van der Waals surface area contributed by atoms with E-state index in [4.69, 9.17) is 18.5 Å². The molecule has 0 aliphatic carbocycles. The third-order valence-corrected chi connectivity index (χ3v) is 11.2. The number of nitrogens with zero attached hydrogens (tertiary/aromatic N) is 1. The molecule has 0 aromatic carbocycles. The van der Waals surface area contributed by atoms with Crippen molar-refractivity contribution in [2.75, 3.05) is 47.5 Å². The zero-order valence-corrected chi connectivity index (χ0v) is 38.2. The van der Waals surface area contributed by atoms with Crippen molar-refractivity contribution in [1.82, 2.24) is 0 Å². The van der Waals surface area contributed by atoms with Gasteiger partial charge in [-0.2, -0.15) is 0 Å². The minimum Gasteiger partial charge on any atom is -0.756 e. The Hall–Kier alpha value is -1.25. The van der Waals surface area contributed by atoms with E-state index in [1.165, 1.54) is 141 Å². The predicted molar refractivity (Wildman–Crippen MR) is 231 cm³/mol. The highest BCUT2D eigenvalue weighted by Crippen LogP contribution is 2.38. The molecule has 0 spiro atoms. The molecule has 0 aromatic heterocycles. The summed E-state index contributed by atoms with van der Waals surface area (Å²) in [5.74, 6) is -0.842. The molecule has 9 nitrogen and oxygen atoms in total. The van der Waals surface area contributed by atoms with Crippen LogP contribution < -0.4 is 4.89 Å². The maximum atomic E-state index is 12.7. The first-order valence-corrected chi connectivity index (χ1v) is 24.9. The van der Waals surface area contributed by atoms with Gasteiger partial charge in [0.2, 0.25) is 0 Å². The second-order valence-corrected chi connectivity index (χ2v) is 18.5. The lowest BCUT2D eigenvalue weighted by Gasteiger charge is -2.28. The molecule has 0 fully saturated rings. The number of hydrogen-bond acceptors (Lipinski definition) is 8. The quantitative estimate of drug-likeness (QED) is 0.0197. The number of carbonyl (C=O) groups excluding carboxylic acids is 2. The number of hydrogen-bond donors (Lipinski definition) is 0.